The van der Waals surface area contributed by atoms with Crippen molar-refractivity contribution < 1.29 is 13.6 Å². The van der Waals surface area contributed by atoms with E-state index < -0.39 is 16.1 Å². The standard InChI is InChI=1S/C26H27N3O3S/c30-27-25(14-11-22-7-3-1-4-8-22)21-33(31,32)29-19-17-28(18-20-29)26-15-12-24(13-16-26)23-9-5-2-6-10-23/h1-10,12-13,15-16,25,27,30H,17-21H2. The highest BCUT2D eigenvalue weighted by atomic mass is 32.2. The minimum absolute atomic E-state index is 0.283. The van der Waals surface area contributed by atoms with Crippen molar-refractivity contribution in [2.45, 2.75) is 6.04 Å². The summed E-state index contributed by atoms with van der Waals surface area (Å²) < 4.78 is 27.3. The molecular weight excluding hydrogens is 434 g/mol. The molecule has 4 rings (SSSR count). The average molecular weight is 462 g/mol. The van der Waals surface area contributed by atoms with Gasteiger partial charge in [-0.25, -0.2) is 8.42 Å². The molecule has 0 bridgehead atoms. The third kappa shape index (κ3) is 6.01. The van der Waals surface area contributed by atoms with Crippen molar-refractivity contribution in [3.8, 4) is 23.0 Å². The fourth-order valence-electron chi connectivity index (χ4n) is 3.84. The third-order valence-electron chi connectivity index (χ3n) is 5.67. The summed E-state index contributed by atoms with van der Waals surface area (Å²) in [5, 5.41) is 9.42. The van der Waals surface area contributed by atoms with Crippen molar-refractivity contribution in [3.05, 3.63) is 90.5 Å². The summed E-state index contributed by atoms with van der Waals surface area (Å²) in [5.41, 5.74) is 6.20. The third-order valence-corrected chi connectivity index (χ3v) is 7.58. The van der Waals surface area contributed by atoms with Crippen molar-refractivity contribution in [1.82, 2.24) is 9.79 Å². The van der Waals surface area contributed by atoms with E-state index in [9.17, 15) is 13.6 Å². The van der Waals surface area contributed by atoms with E-state index in [1.165, 1.54) is 9.87 Å². The van der Waals surface area contributed by atoms with Crippen LogP contribution in [0.4, 0.5) is 5.69 Å². The molecule has 1 aliphatic rings. The normalized spacial score (nSPS) is 15.5. The molecule has 1 saturated heterocycles. The molecular formula is C26H27N3O3S. The van der Waals surface area contributed by atoms with E-state index in [-0.39, 0.29) is 5.75 Å². The van der Waals surface area contributed by atoms with Crippen LogP contribution in [0.25, 0.3) is 11.1 Å². The van der Waals surface area contributed by atoms with Crippen molar-refractivity contribution in [1.29, 1.82) is 0 Å². The first-order valence-electron chi connectivity index (χ1n) is 10.9. The van der Waals surface area contributed by atoms with Gasteiger partial charge < -0.3 is 10.1 Å². The minimum atomic E-state index is -3.57. The molecule has 0 amide bonds. The molecule has 1 fully saturated rings. The van der Waals surface area contributed by atoms with Gasteiger partial charge in [-0.1, -0.05) is 72.5 Å². The van der Waals surface area contributed by atoms with Gasteiger partial charge in [-0.15, -0.1) is 0 Å². The van der Waals surface area contributed by atoms with Gasteiger partial charge in [0.1, 0.15) is 6.04 Å². The molecule has 0 spiro atoms. The molecule has 0 aliphatic carbocycles. The Bertz CT molecular complexity index is 1200. The minimum Gasteiger partial charge on any atom is -0.369 e. The van der Waals surface area contributed by atoms with Crippen LogP contribution in [0.1, 0.15) is 5.56 Å². The van der Waals surface area contributed by atoms with Gasteiger partial charge in [0.05, 0.1) is 5.75 Å². The number of hydrogen-bond acceptors (Lipinski definition) is 5. The smallest absolute Gasteiger partial charge is 0.216 e. The number of nitrogens with zero attached hydrogens (tertiary/aromatic N) is 2. The van der Waals surface area contributed by atoms with Crippen LogP contribution in [-0.2, 0) is 10.0 Å². The zero-order chi connectivity index (χ0) is 23.1. The first-order valence-corrected chi connectivity index (χ1v) is 12.5. The Morgan fingerprint density at radius 1 is 0.818 bits per heavy atom. The predicted octanol–water partition coefficient (Wildman–Crippen LogP) is 3.20. The number of nitrogens with one attached hydrogen (secondary N) is 1. The maximum absolute atomic E-state index is 12.9. The second kappa shape index (κ2) is 10.6. The Morgan fingerprint density at radius 2 is 1.39 bits per heavy atom. The molecule has 3 aromatic rings. The van der Waals surface area contributed by atoms with Crippen molar-refractivity contribution in [2.24, 2.45) is 0 Å². The van der Waals surface area contributed by atoms with E-state index in [0.29, 0.717) is 26.2 Å². The molecule has 1 aliphatic heterocycles. The fraction of sp³-hybridized carbons (Fsp3) is 0.231. The summed E-state index contributed by atoms with van der Waals surface area (Å²) >= 11 is 0. The second-order valence-electron chi connectivity index (χ2n) is 7.89. The molecule has 1 atom stereocenters. The van der Waals surface area contributed by atoms with Crippen LogP contribution in [0, 0.1) is 11.8 Å². The number of piperazine rings is 1. The maximum Gasteiger partial charge on any atom is 0.216 e. The zero-order valence-corrected chi connectivity index (χ0v) is 19.1. The maximum atomic E-state index is 12.9. The van der Waals surface area contributed by atoms with E-state index in [2.05, 4.69) is 53.1 Å². The van der Waals surface area contributed by atoms with E-state index in [4.69, 9.17) is 0 Å². The summed E-state index contributed by atoms with van der Waals surface area (Å²) in [5.74, 6) is 5.43. The number of rotatable bonds is 6. The van der Waals surface area contributed by atoms with Crippen LogP contribution in [-0.4, -0.2) is 55.9 Å². The lowest BCUT2D eigenvalue weighted by Gasteiger charge is -2.35. The Hall–Kier alpha value is -3.15. The molecule has 0 radical (unpaired) electrons. The van der Waals surface area contributed by atoms with Crippen LogP contribution >= 0.6 is 0 Å². The van der Waals surface area contributed by atoms with Gasteiger partial charge in [0.15, 0.2) is 0 Å². The van der Waals surface area contributed by atoms with Gasteiger partial charge in [0.2, 0.25) is 10.0 Å². The molecule has 1 unspecified atom stereocenters. The summed E-state index contributed by atoms with van der Waals surface area (Å²) in [6.45, 7) is 2.01. The molecule has 2 N–H and O–H groups in total. The lowest BCUT2D eigenvalue weighted by Crippen LogP contribution is -2.51. The number of hydrogen-bond donors (Lipinski definition) is 2. The second-order valence-corrected chi connectivity index (χ2v) is 9.91. The van der Waals surface area contributed by atoms with Crippen LogP contribution in [0.2, 0.25) is 0 Å². The topological polar surface area (TPSA) is 72.9 Å². The van der Waals surface area contributed by atoms with E-state index in [0.717, 1.165) is 16.8 Å². The van der Waals surface area contributed by atoms with Crippen LogP contribution in [0.3, 0.4) is 0 Å². The van der Waals surface area contributed by atoms with Gasteiger partial charge in [0, 0.05) is 37.4 Å². The van der Waals surface area contributed by atoms with Crippen molar-refractivity contribution in [3.63, 3.8) is 0 Å². The zero-order valence-electron chi connectivity index (χ0n) is 18.3. The van der Waals surface area contributed by atoms with E-state index >= 15 is 0 Å². The lowest BCUT2D eigenvalue weighted by molar-refractivity contribution is 0.153. The molecule has 33 heavy (non-hydrogen) atoms. The first-order chi connectivity index (χ1) is 16.0. The number of anilines is 1. The average Bonchev–Trinajstić information content (AvgIpc) is 2.88. The Balaban J connectivity index is 1.35. The van der Waals surface area contributed by atoms with Crippen LogP contribution in [0.5, 0.6) is 0 Å². The van der Waals surface area contributed by atoms with Gasteiger partial charge >= 0.3 is 0 Å². The summed E-state index contributed by atoms with van der Waals surface area (Å²) in [7, 11) is -3.57. The Labute approximate surface area is 195 Å². The molecule has 7 heteroatoms. The fourth-order valence-corrected chi connectivity index (χ4v) is 5.35. The Kier molecular flexibility index (Phi) is 7.43. The number of hydroxylamine groups is 1. The monoisotopic (exact) mass is 461 g/mol. The number of sulfonamides is 1. The van der Waals surface area contributed by atoms with Crippen LogP contribution < -0.4 is 10.4 Å². The van der Waals surface area contributed by atoms with Gasteiger partial charge in [-0.2, -0.15) is 9.79 Å². The lowest BCUT2D eigenvalue weighted by atomic mass is 10.1. The SMILES string of the molecule is O=S(=O)(CC(C#Cc1ccccc1)NO)N1CCN(c2ccc(-c3ccccc3)cc2)CC1. The van der Waals surface area contributed by atoms with E-state index in [1.54, 1.807) is 0 Å². The summed E-state index contributed by atoms with van der Waals surface area (Å²) in [6.07, 6.45) is 0. The largest absolute Gasteiger partial charge is 0.369 e. The van der Waals surface area contributed by atoms with E-state index in [1.807, 2.05) is 54.0 Å². The van der Waals surface area contributed by atoms with Gasteiger partial charge in [0.25, 0.3) is 0 Å². The first kappa shape index (κ1) is 23.0. The molecule has 6 nitrogen and oxygen atoms in total. The highest BCUT2D eigenvalue weighted by Gasteiger charge is 2.29. The highest BCUT2D eigenvalue weighted by molar-refractivity contribution is 7.89. The highest BCUT2D eigenvalue weighted by Crippen LogP contribution is 2.24. The van der Waals surface area contributed by atoms with Gasteiger partial charge in [-0.3, -0.25) is 0 Å². The van der Waals surface area contributed by atoms with Crippen molar-refractivity contribution in [2.75, 3.05) is 36.8 Å². The van der Waals surface area contributed by atoms with Crippen molar-refractivity contribution >= 4 is 15.7 Å². The summed E-state index contributed by atoms with van der Waals surface area (Å²) in [4.78, 5) is 2.19. The predicted molar refractivity (Wildman–Crippen MR) is 131 cm³/mol. The molecule has 1 heterocycles. The number of benzene rings is 3. The quantitative estimate of drug-likeness (QED) is 0.436. The summed E-state index contributed by atoms with van der Waals surface area (Å²) in [6, 6.07) is 27.0. The van der Waals surface area contributed by atoms with Gasteiger partial charge in [-0.05, 0) is 35.4 Å². The molecule has 3 aromatic carbocycles. The van der Waals surface area contributed by atoms with Crippen LogP contribution in [0.15, 0.2) is 84.9 Å². The molecule has 0 aromatic heterocycles. The molecule has 0 saturated carbocycles. The molecule has 170 valence electrons. The Morgan fingerprint density at radius 3 is 2.00 bits per heavy atom.